The maximum Gasteiger partial charge on any atom is 0.151 e. The Morgan fingerprint density at radius 1 is 1.26 bits per heavy atom. The highest BCUT2D eigenvalue weighted by Crippen LogP contribution is 2.27. The second-order valence-corrected chi connectivity index (χ2v) is 6.36. The van der Waals surface area contributed by atoms with Gasteiger partial charge in [0.2, 0.25) is 0 Å². The van der Waals surface area contributed by atoms with E-state index in [0.29, 0.717) is 11.3 Å². The molecule has 2 aromatic rings. The van der Waals surface area contributed by atoms with E-state index in [9.17, 15) is 0 Å². The number of rotatable bonds is 8. The molecule has 0 fully saturated rings. The van der Waals surface area contributed by atoms with Crippen molar-refractivity contribution in [3.05, 3.63) is 16.4 Å². The van der Waals surface area contributed by atoms with Crippen LogP contribution < -0.4 is 11.1 Å². The summed E-state index contributed by atoms with van der Waals surface area (Å²) in [5.41, 5.74) is 8.18. The van der Waals surface area contributed by atoms with Gasteiger partial charge in [0.05, 0.1) is 10.2 Å². The Bertz CT molecular complexity index is 664. The number of nitrogens with zero attached hydrogens (tertiary/aromatic N) is 3. The predicted octanol–water partition coefficient (Wildman–Crippen LogP) is 3.55. The lowest BCUT2D eigenvalue weighted by Gasteiger charge is -2.17. The van der Waals surface area contributed by atoms with Crippen LogP contribution in [0.4, 0.5) is 11.6 Å². The summed E-state index contributed by atoms with van der Waals surface area (Å²) in [5.74, 6) is 1.20. The van der Waals surface area contributed by atoms with Crippen LogP contribution in [0.5, 0.6) is 0 Å². The molecule has 0 aromatic carbocycles. The minimum atomic E-state index is 0.252. The number of hydrogen-bond acceptors (Lipinski definition) is 6. The molecule has 0 spiro atoms. The third-order valence-corrected chi connectivity index (χ3v) is 4.10. The molecule has 23 heavy (non-hydrogen) atoms. The number of anilines is 2. The normalized spacial score (nSPS) is 12.5. The van der Waals surface area contributed by atoms with Crippen molar-refractivity contribution >= 4 is 38.6 Å². The molecule has 6 nitrogen and oxygen atoms in total. The number of nitrogens with two attached hydrogens (primary N) is 1. The Labute approximate surface area is 145 Å². The van der Waals surface area contributed by atoms with E-state index in [1.807, 2.05) is 0 Å². The third kappa shape index (κ3) is 4.51. The number of hydrogen-bond donors (Lipinski definition) is 2. The summed E-state index contributed by atoms with van der Waals surface area (Å²) in [6, 6.07) is 0.252. The first kappa shape index (κ1) is 17.9. The first-order valence-electron chi connectivity index (χ1n) is 8.01. The lowest BCUT2D eigenvalue weighted by atomic mass is 10.2. The molecule has 2 rings (SSSR count). The summed E-state index contributed by atoms with van der Waals surface area (Å²) in [4.78, 5) is 13.5. The van der Waals surface area contributed by atoms with Crippen LogP contribution >= 0.6 is 15.9 Å². The number of aryl methyl sites for hydroxylation is 1. The van der Waals surface area contributed by atoms with Crippen molar-refractivity contribution in [3.63, 3.8) is 0 Å². The maximum absolute atomic E-state index is 5.92. The van der Waals surface area contributed by atoms with Gasteiger partial charge in [0, 0.05) is 25.5 Å². The summed E-state index contributed by atoms with van der Waals surface area (Å²) in [7, 11) is 0. The van der Waals surface area contributed by atoms with E-state index >= 15 is 0 Å². The van der Waals surface area contributed by atoms with Crippen molar-refractivity contribution in [2.75, 3.05) is 24.3 Å². The molecular formula is C16H24BrN5O. The molecule has 2 aromatic heterocycles. The van der Waals surface area contributed by atoms with Crippen molar-refractivity contribution in [1.82, 2.24) is 15.0 Å². The maximum atomic E-state index is 5.92. The average Bonchev–Trinajstić information content (AvgIpc) is 2.55. The highest BCUT2D eigenvalue weighted by molar-refractivity contribution is 9.10. The fraction of sp³-hybridized carbons (Fsp3) is 0.562. The van der Waals surface area contributed by atoms with Gasteiger partial charge in [-0.15, -0.1) is 0 Å². The highest BCUT2D eigenvalue weighted by atomic mass is 79.9. The molecule has 0 saturated carbocycles. The number of ether oxygens (including phenoxy) is 1. The van der Waals surface area contributed by atoms with E-state index in [2.05, 4.69) is 52.0 Å². The lowest BCUT2D eigenvalue weighted by Crippen LogP contribution is -2.20. The van der Waals surface area contributed by atoms with Crippen molar-refractivity contribution in [2.24, 2.45) is 0 Å². The highest BCUT2D eigenvalue weighted by Gasteiger charge is 2.14. The molecule has 0 aliphatic carbocycles. The van der Waals surface area contributed by atoms with Gasteiger partial charge in [-0.2, -0.15) is 0 Å². The predicted molar refractivity (Wildman–Crippen MR) is 97.6 cm³/mol. The van der Waals surface area contributed by atoms with Gasteiger partial charge in [-0.3, -0.25) is 0 Å². The van der Waals surface area contributed by atoms with Crippen LogP contribution in [0.3, 0.4) is 0 Å². The lowest BCUT2D eigenvalue weighted by molar-refractivity contribution is 0.130. The number of aromatic nitrogens is 3. The molecule has 3 N–H and O–H groups in total. The Morgan fingerprint density at radius 3 is 2.74 bits per heavy atom. The van der Waals surface area contributed by atoms with E-state index in [0.717, 1.165) is 54.0 Å². The van der Waals surface area contributed by atoms with E-state index in [1.54, 1.807) is 6.20 Å². The van der Waals surface area contributed by atoms with Gasteiger partial charge in [-0.1, -0.05) is 13.8 Å². The number of nitrogen functional groups attached to an aromatic ring is 1. The van der Waals surface area contributed by atoms with Gasteiger partial charge in [0.1, 0.15) is 16.9 Å². The zero-order chi connectivity index (χ0) is 16.8. The van der Waals surface area contributed by atoms with Crippen molar-refractivity contribution in [1.29, 1.82) is 0 Å². The first-order valence-corrected chi connectivity index (χ1v) is 8.80. The molecule has 0 bridgehead atoms. The minimum Gasteiger partial charge on any atom is -0.382 e. The zero-order valence-electron chi connectivity index (χ0n) is 13.9. The summed E-state index contributed by atoms with van der Waals surface area (Å²) in [6.07, 6.45) is 4.39. The number of fused-ring (bicyclic) bond motifs is 1. The fourth-order valence-corrected chi connectivity index (χ4v) is 2.62. The Balaban J connectivity index is 2.20. The van der Waals surface area contributed by atoms with Crippen LogP contribution in [0.2, 0.25) is 0 Å². The molecule has 1 atom stereocenters. The summed E-state index contributed by atoms with van der Waals surface area (Å²) >= 11 is 3.47. The van der Waals surface area contributed by atoms with Gasteiger partial charge in [0.25, 0.3) is 0 Å². The minimum absolute atomic E-state index is 0.252. The Morgan fingerprint density at radius 2 is 2.04 bits per heavy atom. The Hall–Kier alpha value is -1.47. The molecule has 2 heterocycles. The molecule has 0 aliphatic heterocycles. The first-order chi connectivity index (χ1) is 11.1. The van der Waals surface area contributed by atoms with Crippen LogP contribution in [0, 0.1) is 0 Å². The SMILES string of the molecule is CCCOCCC(C)Nc1nc2c(Br)cnc(N)c2nc1CC. The number of halogens is 1. The van der Waals surface area contributed by atoms with Gasteiger partial charge >= 0.3 is 0 Å². The van der Waals surface area contributed by atoms with E-state index in [4.69, 9.17) is 15.5 Å². The molecule has 7 heteroatoms. The molecule has 0 amide bonds. The van der Waals surface area contributed by atoms with Gasteiger partial charge in [-0.25, -0.2) is 15.0 Å². The van der Waals surface area contributed by atoms with E-state index in [1.165, 1.54) is 0 Å². The van der Waals surface area contributed by atoms with Crippen molar-refractivity contribution in [2.45, 2.75) is 46.1 Å². The second-order valence-electron chi connectivity index (χ2n) is 5.51. The number of nitrogens with one attached hydrogen (secondary N) is 1. The molecule has 1 unspecified atom stereocenters. The summed E-state index contributed by atoms with van der Waals surface area (Å²) < 4.78 is 6.34. The molecule has 126 valence electrons. The fourth-order valence-electron chi connectivity index (χ4n) is 2.24. The van der Waals surface area contributed by atoms with Crippen LogP contribution in [0.1, 0.15) is 39.3 Å². The third-order valence-electron chi connectivity index (χ3n) is 3.52. The van der Waals surface area contributed by atoms with Crippen LogP contribution in [0.15, 0.2) is 10.7 Å². The van der Waals surface area contributed by atoms with E-state index < -0.39 is 0 Å². The largest absolute Gasteiger partial charge is 0.382 e. The topological polar surface area (TPSA) is 86.0 Å². The molecule has 0 radical (unpaired) electrons. The van der Waals surface area contributed by atoms with Gasteiger partial charge in [0.15, 0.2) is 5.82 Å². The quantitative estimate of drug-likeness (QED) is 0.679. The zero-order valence-corrected chi connectivity index (χ0v) is 15.5. The van der Waals surface area contributed by atoms with Crippen LogP contribution in [-0.2, 0) is 11.2 Å². The number of pyridine rings is 1. The summed E-state index contributed by atoms with van der Waals surface area (Å²) in [6.45, 7) is 7.83. The van der Waals surface area contributed by atoms with E-state index in [-0.39, 0.29) is 6.04 Å². The van der Waals surface area contributed by atoms with Gasteiger partial charge in [-0.05, 0) is 42.1 Å². The van der Waals surface area contributed by atoms with Gasteiger partial charge < -0.3 is 15.8 Å². The molecule has 0 aliphatic rings. The Kier molecular flexibility index (Phi) is 6.53. The monoisotopic (exact) mass is 381 g/mol. The second kappa shape index (κ2) is 8.40. The smallest absolute Gasteiger partial charge is 0.151 e. The van der Waals surface area contributed by atoms with Crippen LogP contribution in [-0.4, -0.2) is 34.2 Å². The van der Waals surface area contributed by atoms with Crippen molar-refractivity contribution in [3.8, 4) is 0 Å². The molecule has 0 saturated heterocycles. The average molecular weight is 382 g/mol. The molecular weight excluding hydrogens is 358 g/mol. The van der Waals surface area contributed by atoms with Crippen LogP contribution in [0.25, 0.3) is 11.0 Å². The van der Waals surface area contributed by atoms with Crippen molar-refractivity contribution < 1.29 is 4.74 Å². The standard InChI is InChI=1S/C16H24BrN5O/c1-4-7-23-8-6-10(3)20-16-12(5-2)21-14-13(22-16)11(17)9-19-15(14)18/h9-10H,4-8H2,1-3H3,(H2,18,19)(H,20,22). The summed E-state index contributed by atoms with van der Waals surface area (Å²) in [5, 5.41) is 3.44.